The molecule has 10 heteroatoms. The van der Waals surface area contributed by atoms with Crippen molar-refractivity contribution in [1.82, 2.24) is 13.8 Å². The van der Waals surface area contributed by atoms with E-state index in [4.69, 9.17) is 28.9 Å². The van der Waals surface area contributed by atoms with Gasteiger partial charge in [0, 0.05) is 0 Å². The zero-order chi connectivity index (χ0) is 15.9. The number of nitrogen functional groups attached to an aromatic ring is 1. The number of hydrogen-bond acceptors (Lipinski definition) is 5. The lowest BCUT2D eigenvalue weighted by Gasteiger charge is -2.06. The topological polar surface area (TPSA) is 100.0 Å². The Labute approximate surface area is 130 Å². The third-order valence-corrected chi connectivity index (χ3v) is 5.17. The van der Waals surface area contributed by atoms with E-state index < -0.39 is 15.7 Å². The van der Waals surface area contributed by atoms with E-state index in [0.29, 0.717) is 3.97 Å². The van der Waals surface area contributed by atoms with Crippen LogP contribution < -0.4 is 11.4 Å². The van der Waals surface area contributed by atoms with E-state index in [9.17, 15) is 13.2 Å². The highest BCUT2D eigenvalue weighted by atomic mass is 35.5. The summed E-state index contributed by atoms with van der Waals surface area (Å²) < 4.78 is 25.4. The first kappa shape index (κ1) is 15.9. The van der Waals surface area contributed by atoms with Crippen LogP contribution in [0.5, 0.6) is 0 Å². The van der Waals surface area contributed by atoms with E-state index in [-0.39, 0.29) is 33.0 Å². The fraction of sp³-hybridized carbons (Fsp3) is 0.273. The predicted octanol–water partition coefficient (Wildman–Crippen LogP) is 1.43. The van der Waals surface area contributed by atoms with Crippen LogP contribution in [0.2, 0.25) is 10.0 Å². The molecular weight excluding hydrogens is 339 g/mol. The van der Waals surface area contributed by atoms with E-state index in [1.165, 1.54) is 26.0 Å². The molecule has 0 bridgehead atoms. The maximum Gasteiger partial charge on any atom is 0.364 e. The lowest BCUT2D eigenvalue weighted by atomic mass is 10.3. The van der Waals surface area contributed by atoms with Crippen molar-refractivity contribution in [2.24, 2.45) is 0 Å². The van der Waals surface area contributed by atoms with E-state index in [1.54, 1.807) is 0 Å². The highest BCUT2D eigenvalue weighted by molar-refractivity contribution is 7.89. The van der Waals surface area contributed by atoms with Gasteiger partial charge in [-0.3, -0.25) is 0 Å². The molecule has 0 unspecified atom stereocenters. The Bertz CT molecular complexity index is 870. The molecule has 114 valence electrons. The van der Waals surface area contributed by atoms with Crippen molar-refractivity contribution in [3.8, 4) is 5.69 Å². The molecule has 0 atom stereocenters. The number of benzene rings is 1. The molecule has 21 heavy (non-hydrogen) atoms. The predicted molar refractivity (Wildman–Crippen MR) is 81.9 cm³/mol. The smallest absolute Gasteiger partial charge is 0.364 e. The van der Waals surface area contributed by atoms with Crippen LogP contribution in [0, 0.1) is 6.92 Å². The molecule has 1 heterocycles. The van der Waals surface area contributed by atoms with Crippen LogP contribution in [0.3, 0.4) is 0 Å². The summed E-state index contributed by atoms with van der Waals surface area (Å²) in [7, 11) is -3.76. The van der Waals surface area contributed by atoms with Crippen molar-refractivity contribution in [2.45, 2.75) is 13.8 Å². The van der Waals surface area contributed by atoms with Gasteiger partial charge in [0.05, 0.1) is 27.2 Å². The molecule has 2 rings (SSSR count). The Morgan fingerprint density at radius 1 is 1.29 bits per heavy atom. The Hall–Kier alpha value is -1.51. The van der Waals surface area contributed by atoms with Crippen molar-refractivity contribution < 1.29 is 8.42 Å². The number of aryl methyl sites for hydroxylation is 1. The zero-order valence-electron chi connectivity index (χ0n) is 11.2. The quantitative estimate of drug-likeness (QED) is 0.844. The van der Waals surface area contributed by atoms with Crippen LogP contribution in [0.4, 0.5) is 5.69 Å². The van der Waals surface area contributed by atoms with Gasteiger partial charge in [0.25, 0.3) is 0 Å². The molecule has 2 N–H and O–H groups in total. The van der Waals surface area contributed by atoms with Gasteiger partial charge in [0.15, 0.2) is 0 Å². The van der Waals surface area contributed by atoms with Gasteiger partial charge in [-0.25, -0.2) is 13.2 Å². The Morgan fingerprint density at radius 2 is 1.90 bits per heavy atom. The Kier molecular flexibility index (Phi) is 4.05. The molecule has 1 aromatic carbocycles. The van der Waals surface area contributed by atoms with E-state index >= 15 is 0 Å². The van der Waals surface area contributed by atoms with Crippen molar-refractivity contribution >= 4 is 38.9 Å². The van der Waals surface area contributed by atoms with Gasteiger partial charge >= 0.3 is 5.69 Å². The summed E-state index contributed by atoms with van der Waals surface area (Å²) in [4.78, 5) is 12.3. The molecule has 7 nitrogen and oxygen atoms in total. The number of rotatable bonds is 3. The van der Waals surface area contributed by atoms with Crippen LogP contribution >= 0.6 is 23.2 Å². The largest absolute Gasteiger partial charge is 0.397 e. The van der Waals surface area contributed by atoms with E-state index in [1.807, 2.05) is 0 Å². The molecule has 0 radical (unpaired) electrons. The molecule has 0 amide bonds. The first-order chi connectivity index (χ1) is 9.69. The highest BCUT2D eigenvalue weighted by Crippen LogP contribution is 2.28. The summed E-state index contributed by atoms with van der Waals surface area (Å²) in [5.41, 5.74) is 5.21. The molecule has 2 aromatic rings. The second kappa shape index (κ2) is 5.36. The minimum Gasteiger partial charge on any atom is -0.397 e. The number of hydrogen-bond donors (Lipinski definition) is 1. The molecule has 0 aliphatic rings. The van der Waals surface area contributed by atoms with E-state index in [0.717, 1.165) is 4.68 Å². The lowest BCUT2D eigenvalue weighted by molar-refractivity contribution is 0.585. The molecule has 0 saturated carbocycles. The molecule has 0 aliphatic carbocycles. The summed E-state index contributed by atoms with van der Waals surface area (Å²) in [5, 5.41) is 4.30. The second-order valence-electron chi connectivity index (χ2n) is 4.23. The van der Waals surface area contributed by atoms with Crippen molar-refractivity contribution in [2.75, 3.05) is 11.5 Å². The maximum absolute atomic E-state index is 12.3. The van der Waals surface area contributed by atoms with Crippen molar-refractivity contribution in [3.63, 3.8) is 0 Å². The highest BCUT2D eigenvalue weighted by Gasteiger charge is 2.22. The Morgan fingerprint density at radius 3 is 2.48 bits per heavy atom. The van der Waals surface area contributed by atoms with Crippen LogP contribution in [0.15, 0.2) is 16.9 Å². The fourth-order valence-electron chi connectivity index (χ4n) is 1.77. The average molecular weight is 351 g/mol. The molecule has 0 aliphatic heterocycles. The van der Waals surface area contributed by atoms with Gasteiger partial charge in [-0.1, -0.05) is 23.2 Å². The first-order valence-corrected chi connectivity index (χ1v) is 8.22. The monoisotopic (exact) mass is 350 g/mol. The molecule has 0 saturated heterocycles. The number of anilines is 1. The zero-order valence-corrected chi connectivity index (χ0v) is 13.5. The summed E-state index contributed by atoms with van der Waals surface area (Å²) in [6.45, 7) is 2.85. The lowest BCUT2D eigenvalue weighted by Crippen LogP contribution is -2.30. The number of nitrogens with zero attached hydrogens (tertiary/aromatic N) is 3. The van der Waals surface area contributed by atoms with Crippen molar-refractivity contribution in [1.29, 1.82) is 0 Å². The van der Waals surface area contributed by atoms with Gasteiger partial charge in [0.1, 0.15) is 5.82 Å². The van der Waals surface area contributed by atoms with Crippen molar-refractivity contribution in [3.05, 3.63) is 38.5 Å². The van der Waals surface area contributed by atoms with E-state index in [2.05, 4.69) is 5.10 Å². The minimum atomic E-state index is -3.76. The first-order valence-electron chi connectivity index (χ1n) is 5.86. The fourth-order valence-corrected chi connectivity index (χ4v) is 3.25. The average Bonchev–Trinajstić information content (AvgIpc) is 2.69. The van der Waals surface area contributed by atoms with Gasteiger partial charge in [-0.2, -0.15) is 8.65 Å². The minimum absolute atomic E-state index is 0.0337. The number of nitrogens with two attached hydrogens (primary N) is 1. The molecule has 0 spiro atoms. The summed E-state index contributed by atoms with van der Waals surface area (Å²) in [6, 6.07) is 2.73. The maximum atomic E-state index is 12.3. The molecular formula is C11H12Cl2N4O3S. The van der Waals surface area contributed by atoms with Crippen LogP contribution in [0.1, 0.15) is 12.7 Å². The van der Waals surface area contributed by atoms with Gasteiger partial charge in [-0.05, 0) is 26.0 Å². The summed E-state index contributed by atoms with van der Waals surface area (Å²) in [5.74, 6) is -0.193. The third kappa shape index (κ3) is 2.66. The van der Waals surface area contributed by atoms with Gasteiger partial charge < -0.3 is 5.73 Å². The number of halogens is 2. The standard InChI is InChI=1S/C11H12Cl2N4O3S/c1-3-21(19,20)17-6(2)15-16(11(17)18)10-5-9(14)7(12)4-8(10)13/h4-5H,3,14H2,1-2H3. The SMILES string of the molecule is CCS(=O)(=O)n1c(C)nn(-c2cc(N)c(Cl)cc2Cl)c1=O. The summed E-state index contributed by atoms with van der Waals surface area (Å²) >= 11 is 11.8. The van der Waals surface area contributed by atoms with Crippen LogP contribution in [-0.4, -0.2) is 27.9 Å². The van der Waals surface area contributed by atoms with Gasteiger partial charge in [-0.15, -0.1) is 5.10 Å². The molecule has 1 aromatic heterocycles. The molecule has 0 fully saturated rings. The Balaban J connectivity index is 2.77. The van der Waals surface area contributed by atoms with Crippen LogP contribution in [0.25, 0.3) is 5.69 Å². The number of aromatic nitrogens is 3. The normalized spacial score (nSPS) is 11.8. The second-order valence-corrected chi connectivity index (χ2v) is 7.15. The summed E-state index contributed by atoms with van der Waals surface area (Å²) in [6.07, 6.45) is 0. The van der Waals surface area contributed by atoms with Crippen LogP contribution in [-0.2, 0) is 10.0 Å². The van der Waals surface area contributed by atoms with Gasteiger partial charge in [0.2, 0.25) is 10.0 Å². The third-order valence-electron chi connectivity index (χ3n) is 2.83.